The van der Waals surface area contributed by atoms with Crippen LogP contribution >= 0.6 is 11.3 Å². The van der Waals surface area contributed by atoms with Gasteiger partial charge in [0.05, 0.1) is 11.3 Å². The lowest BCUT2D eigenvalue weighted by molar-refractivity contribution is 0.725. The van der Waals surface area contributed by atoms with Gasteiger partial charge in [0, 0.05) is 25.5 Å². The van der Waals surface area contributed by atoms with Crippen molar-refractivity contribution in [3.63, 3.8) is 0 Å². The summed E-state index contributed by atoms with van der Waals surface area (Å²) >= 11 is 1.76. The highest BCUT2D eigenvalue weighted by molar-refractivity contribution is 7.09. The standard InChI is InChI=1S/C13H19N5S/c1-9-11(12(14)15)13(18(3)16-9)17(2)7-6-10-5-4-8-19-10/h4-5,8H,6-7H2,1-3H3,(H3,14,15). The predicted octanol–water partition coefficient (Wildman–Crippen LogP) is 1.75. The molecule has 0 saturated heterocycles. The Balaban J connectivity index is 2.18. The summed E-state index contributed by atoms with van der Waals surface area (Å²) in [5.41, 5.74) is 7.19. The van der Waals surface area contributed by atoms with Gasteiger partial charge in [-0.1, -0.05) is 6.07 Å². The van der Waals surface area contributed by atoms with Crippen molar-refractivity contribution in [3.05, 3.63) is 33.6 Å². The molecule has 0 atom stereocenters. The van der Waals surface area contributed by atoms with Gasteiger partial charge in [0.15, 0.2) is 0 Å². The highest BCUT2D eigenvalue weighted by atomic mass is 32.1. The molecule has 0 aliphatic rings. The number of nitrogen functional groups attached to an aromatic ring is 1. The molecule has 2 aromatic rings. The van der Waals surface area contributed by atoms with Crippen molar-refractivity contribution in [1.29, 1.82) is 5.41 Å². The molecule has 0 radical (unpaired) electrons. The first-order chi connectivity index (χ1) is 9.00. The van der Waals surface area contributed by atoms with Crippen LogP contribution in [0.25, 0.3) is 0 Å². The number of hydrogen-bond donors (Lipinski definition) is 2. The SMILES string of the molecule is Cc1nn(C)c(N(C)CCc2cccs2)c1C(=N)N. The Hall–Kier alpha value is -1.82. The van der Waals surface area contributed by atoms with Gasteiger partial charge in [-0.15, -0.1) is 11.3 Å². The van der Waals surface area contributed by atoms with Gasteiger partial charge in [-0.25, -0.2) is 0 Å². The summed E-state index contributed by atoms with van der Waals surface area (Å²) in [6, 6.07) is 4.20. The molecule has 19 heavy (non-hydrogen) atoms. The fourth-order valence-corrected chi connectivity index (χ4v) is 2.94. The van der Waals surface area contributed by atoms with E-state index >= 15 is 0 Å². The maximum absolute atomic E-state index is 7.70. The van der Waals surface area contributed by atoms with Gasteiger partial charge < -0.3 is 10.6 Å². The molecule has 0 aromatic carbocycles. The second kappa shape index (κ2) is 5.44. The van der Waals surface area contributed by atoms with Crippen LogP contribution < -0.4 is 10.6 Å². The minimum atomic E-state index is 0.0728. The maximum Gasteiger partial charge on any atom is 0.137 e. The molecule has 0 amide bonds. The molecule has 2 heterocycles. The van der Waals surface area contributed by atoms with Crippen LogP contribution in [0, 0.1) is 12.3 Å². The van der Waals surface area contributed by atoms with Crippen molar-refractivity contribution >= 4 is 23.0 Å². The van der Waals surface area contributed by atoms with Crippen molar-refractivity contribution in [2.24, 2.45) is 12.8 Å². The zero-order valence-electron chi connectivity index (χ0n) is 11.5. The minimum absolute atomic E-state index is 0.0728. The third kappa shape index (κ3) is 2.78. The second-order valence-electron chi connectivity index (χ2n) is 4.57. The van der Waals surface area contributed by atoms with E-state index in [9.17, 15) is 0 Å². The van der Waals surface area contributed by atoms with Crippen LogP contribution in [0.1, 0.15) is 16.1 Å². The zero-order chi connectivity index (χ0) is 14.0. The monoisotopic (exact) mass is 277 g/mol. The van der Waals surface area contributed by atoms with E-state index in [0.29, 0.717) is 0 Å². The zero-order valence-corrected chi connectivity index (χ0v) is 12.3. The number of aryl methyl sites for hydroxylation is 2. The average Bonchev–Trinajstić information content (AvgIpc) is 2.93. The van der Waals surface area contributed by atoms with Gasteiger partial charge in [0.2, 0.25) is 0 Å². The average molecular weight is 277 g/mol. The molecule has 0 aliphatic heterocycles. The van der Waals surface area contributed by atoms with Gasteiger partial charge >= 0.3 is 0 Å². The number of nitrogens with two attached hydrogens (primary N) is 1. The van der Waals surface area contributed by atoms with E-state index in [1.54, 1.807) is 16.0 Å². The third-order valence-electron chi connectivity index (χ3n) is 3.10. The van der Waals surface area contributed by atoms with Crippen LogP contribution in [0.3, 0.4) is 0 Å². The molecule has 5 nitrogen and oxygen atoms in total. The van der Waals surface area contributed by atoms with Gasteiger partial charge in [-0.2, -0.15) is 5.10 Å². The third-order valence-corrected chi connectivity index (χ3v) is 4.03. The summed E-state index contributed by atoms with van der Waals surface area (Å²) in [6.07, 6.45) is 0.982. The van der Waals surface area contributed by atoms with Gasteiger partial charge in [0.1, 0.15) is 11.7 Å². The number of thiophene rings is 1. The predicted molar refractivity (Wildman–Crippen MR) is 80.3 cm³/mol. The molecule has 2 aromatic heterocycles. The van der Waals surface area contributed by atoms with Crippen molar-refractivity contribution in [3.8, 4) is 0 Å². The largest absolute Gasteiger partial charge is 0.384 e. The Morgan fingerprint density at radius 3 is 2.89 bits per heavy atom. The smallest absolute Gasteiger partial charge is 0.137 e. The Labute approximate surface area is 117 Å². The molecule has 2 rings (SSSR count). The summed E-state index contributed by atoms with van der Waals surface area (Å²) < 4.78 is 1.79. The molecular formula is C13H19N5S. The molecule has 3 N–H and O–H groups in total. The summed E-state index contributed by atoms with van der Waals surface area (Å²) in [5, 5.41) is 14.1. The van der Waals surface area contributed by atoms with Crippen LogP contribution in [0.4, 0.5) is 5.82 Å². The Morgan fingerprint density at radius 2 is 2.32 bits per heavy atom. The lowest BCUT2D eigenvalue weighted by Gasteiger charge is -2.20. The van der Waals surface area contributed by atoms with Crippen LogP contribution in [-0.4, -0.2) is 29.2 Å². The first-order valence-corrected chi connectivity index (χ1v) is 7.00. The van der Waals surface area contributed by atoms with Crippen molar-refractivity contribution < 1.29 is 0 Å². The molecule has 0 spiro atoms. The Morgan fingerprint density at radius 1 is 1.58 bits per heavy atom. The molecule has 0 bridgehead atoms. The molecule has 0 unspecified atom stereocenters. The Kier molecular flexibility index (Phi) is 3.90. The summed E-state index contributed by atoms with van der Waals surface area (Å²) in [7, 11) is 3.90. The number of amidine groups is 1. The number of aromatic nitrogens is 2. The van der Waals surface area contributed by atoms with E-state index in [0.717, 1.165) is 30.0 Å². The maximum atomic E-state index is 7.70. The highest BCUT2D eigenvalue weighted by Crippen LogP contribution is 2.22. The molecular weight excluding hydrogens is 258 g/mol. The molecule has 0 saturated carbocycles. The van der Waals surface area contributed by atoms with E-state index in [1.807, 2.05) is 21.0 Å². The minimum Gasteiger partial charge on any atom is -0.384 e. The molecule has 102 valence electrons. The van der Waals surface area contributed by atoms with Crippen molar-refractivity contribution in [2.75, 3.05) is 18.5 Å². The van der Waals surface area contributed by atoms with Crippen molar-refractivity contribution in [2.45, 2.75) is 13.3 Å². The van der Waals surface area contributed by atoms with Crippen LogP contribution in [0.5, 0.6) is 0 Å². The van der Waals surface area contributed by atoms with Gasteiger partial charge in [-0.3, -0.25) is 10.1 Å². The lowest BCUT2D eigenvalue weighted by atomic mass is 10.2. The number of anilines is 1. The quantitative estimate of drug-likeness (QED) is 0.646. The van der Waals surface area contributed by atoms with Gasteiger partial charge in [0.25, 0.3) is 0 Å². The van der Waals surface area contributed by atoms with E-state index in [-0.39, 0.29) is 5.84 Å². The summed E-state index contributed by atoms with van der Waals surface area (Å²) in [6.45, 7) is 2.76. The fraction of sp³-hybridized carbons (Fsp3) is 0.385. The van der Waals surface area contributed by atoms with Crippen molar-refractivity contribution in [1.82, 2.24) is 9.78 Å². The molecule has 6 heteroatoms. The summed E-state index contributed by atoms with van der Waals surface area (Å²) in [5.74, 6) is 0.977. The van der Waals surface area contributed by atoms with Crippen LogP contribution in [-0.2, 0) is 13.5 Å². The lowest BCUT2D eigenvalue weighted by Crippen LogP contribution is -2.26. The highest BCUT2D eigenvalue weighted by Gasteiger charge is 2.18. The number of likely N-dealkylation sites (N-methyl/N-ethyl adjacent to an activating group) is 1. The van der Waals surface area contributed by atoms with Crippen LogP contribution in [0.15, 0.2) is 17.5 Å². The number of hydrogen-bond acceptors (Lipinski definition) is 4. The first kappa shape index (κ1) is 13.6. The number of nitrogens with zero attached hydrogens (tertiary/aromatic N) is 3. The number of nitrogens with one attached hydrogen (secondary N) is 1. The van der Waals surface area contributed by atoms with E-state index < -0.39 is 0 Å². The van der Waals surface area contributed by atoms with E-state index in [1.165, 1.54) is 4.88 Å². The van der Waals surface area contributed by atoms with E-state index in [2.05, 4.69) is 27.5 Å². The number of rotatable bonds is 5. The summed E-state index contributed by atoms with van der Waals surface area (Å²) in [4.78, 5) is 3.46. The molecule has 0 aliphatic carbocycles. The van der Waals surface area contributed by atoms with E-state index in [4.69, 9.17) is 11.1 Å². The van der Waals surface area contributed by atoms with Crippen LogP contribution in [0.2, 0.25) is 0 Å². The Bertz CT molecular complexity index is 570. The fourth-order valence-electron chi connectivity index (χ4n) is 2.24. The topological polar surface area (TPSA) is 70.9 Å². The van der Waals surface area contributed by atoms with Gasteiger partial charge in [-0.05, 0) is 24.8 Å². The normalized spacial score (nSPS) is 10.7. The molecule has 0 fully saturated rings. The first-order valence-electron chi connectivity index (χ1n) is 6.12. The second-order valence-corrected chi connectivity index (χ2v) is 5.60.